The van der Waals surface area contributed by atoms with Crippen molar-refractivity contribution in [1.82, 2.24) is 0 Å². The smallest absolute Gasteiger partial charge is 0.201 e. The summed E-state index contributed by atoms with van der Waals surface area (Å²) in [5, 5.41) is 9.77. The van der Waals surface area contributed by atoms with Gasteiger partial charge in [0.1, 0.15) is 0 Å². The van der Waals surface area contributed by atoms with Crippen molar-refractivity contribution in [3.05, 3.63) is 23.8 Å². The molecule has 4 heteroatoms. The van der Waals surface area contributed by atoms with Gasteiger partial charge in [-0.2, -0.15) is 0 Å². The molecule has 0 aliphatic carbocycles. The number of hydrogen-bond donors (Lipinski definition) is 1. The maximum Gasteiger partial charge on any atom is 0.201 e. The Labute approximate surface area is 94.1 Å². The molecule has 0 amide bonds. The van der Waals surface area contributed by atoms with Crippen LogP contribution in [0, 0.1) is 0 Å². The van der Waals surface area contributed by atoms with Crippen molar-refractivity contribution in [3.8, 4) is 17.2 Å². The number of ether oxygens (including phenoxy) is 2. The van der Waals surface area contributed by atoms with Crippen molar-refractivity contribution in [2.75, 3.05) is 14.2 Å². The highest BCUT2D eigenvalue weighted by atomic mass is 16.5. The average molecular weight is 222 g/mol. The van der Waals surface area contributed by atoms with Gasteiger partial charge in [-0.15, -0.1) is 0 Å². The van der Waals surface area contributed by atoms with Gasteiger partial charge in [0.2, 0.25) is 5.75 Å². The quantitative estimate of drug-likeness (QED) is 0.792. The SMILES string of the molecule is COc1ccc(C=CC(C)=O)c(OC)c1O. The fraction of sp³-hybridized carbons (Fsp3) is 0.250. The Kier molecular flexibility index (Phi) is 3.94. The van der Waals surface area contributed by atoms with Gasteiger partial charge >= 0.3 is 0 Å². The number of benzene rings is 1. The number of phenols is 1. The molecule has 0 saturated heterocycles. The van der Waals surface area contributed by atoms with Crippen molar-refractivity contribution < 1.29 is 19.4 Å². The third-order valence-electron chi connectivity index (χ3n) is 2.05. The summed E-state index contributed by atoms with van der Waals surface area (Å²) in [5.41, 5.74) is 0.621. The van der Waals surface area contributed by atoms with E-state index in [-0.39, 0.29) is 17.3 Å². The minimum Gasteiger partial charge on any atom is -0.502 e. The first-order valence-electron chi connectivity index (χ1n) is 4.72. The molecule has 0 aromatic heterocycles. The van der Waals surface area contributed by atoms with Gasteiger partial charge in [0.15, 0.2) is 17.3 Å². The highest BCUT2D eigenvalue weighted by molar-refractivity contribution is 5.92. The third-order valence-corrected chi connectivity index (χ3v) is 2.05. The second kappa shape index (κ2) is 5.21. The molecule has 1 rings (SSSR count). The van der Waals surface area contributed by atoms with Crippen LogP contribution in [0.3, 0.4) is 0 Å². The molecule has 0 radical (unpaired) electrons. The summed E-state index contributed by atoms with van der Waals surface area (Å²) in [6.45, 7) is 1.45. The lowest BCUT2D eigenvalue weighted by Crippen LogP contribution is -1.92. The molecule has 0 aliphatic rings. The first-order chi connectivity index (χ1) is 7.60. The first-order valence-corrected chi connectivity index (χ1v) is 4.72. The van der Waals surface area contributed by atoms with Gasteiger partial charge in [0, 0.05) is 5.56 Å². The summed E-state index contributed by atoms with van der Waals surface area (Å²) in [6.07, 6.45) is 2.99. The first kappa shape index (κ1) is 12.1. The van der Waals surface area contributed by atoms with E-state index in [1.807, 2.05) is 0 Å². The Morgan fingerprint density at radius 2 is 2.00 bits per heavy atom. The molecule has 0 atom stereocenters. The van der Waals surface area contributed by atoms with E-state index in [1.165, 1.54) is 27.2 Å². The Hall–Kier alpha value is -1.97. The highest BCUT2D eigenvalue weighted by Gasteiger charge is 2.11. The van der Waals surface area contributed by atoms with Crippen LogP contribution < -0.4 is 9.47 Å². The number of rotatable bonds is 4. The van der Waals surface area contributed by atoms with Crippen LogP contribution in [-0.4, -0.2) is 25.1 Å². The van der Waals surface area contributed by atoms with Crippen molar-refractivity contribution >= 4 is 11.9 Å². The molecule has 16 heavy (non-hydrogen) atoms. The van der Waals surface area contributed by atoms with Crippen molar-refractivity contribution in [2.45, 2.75) is 6.92 Å². The zero-order chi connectivity index (χ0) is 12.1. The van der Waals surface area contributed by atoms with Gasteiger partial charge in [-0.05, 0) is 31.2 Å². The van der Waals surface area contributed by atoms with Crippen LogP contribution in [0.1, 0.15) is 12.5 Å². The third kappa shape index (κ3) is 2.53. The van der Waals surface area contributed by atoms with Crippen LogP contribution in [0.15, 0.2) is 18.2 Å². The van der Waals surface area contributed by atoms with E-state index in [0.29, 0.717) is 11.3 Å². The molecule has 1 aromatic rings. The molecule has 0 bridgehead atoms. The zero-order valence-corrected chi connectivity index (χ0v) is 9.48. The Morgan fingerprint density at radius 1 is 1.31 bits per heavy atom. The lowest BCUT2D eigenvalue weighted by Gasteiger charge is -2.10. The van der Waals surface area contributed by atoms with Crippen LogP contribution in [0.4, 0.5) is 0 Å². The van der Waals surface area contributed by atoms with Crippen LogP contribution in [-0.2, 0) is 4.79 Å². The monoisotopic (exact) mass is 222 g/mol. The van der Waals surface area contributed by atoms with E-state index in [4.69, 9.17) is 9.47 Å². The van der Waals surface area contributed by atoms with Crippen LogP contribution in [0.25, 0.3) is 6.08 Å². The van der Waals surface area contributed by atoms with E-state index in [1.54, 1.807) is 18.2 Å². The Balaban J connectivity index is 3.20. The summed E-state index contributed by atoms with van der Waals surface area (Å²) in [6, 6.07) is 3.31. The summed E-state index contributed by atoms with van der Waals surface area (Å²) in [5.74, 6) is 0.474. The average Bonchev–Trinajstić information content (AvgIpc) is 2.26. The van der Waals surface area contributed by atoms with Gasteiger partial charge in [0.25, 0.3) is 0 Å². The molecular weight excluding hydrogens is 208 g/mol. The lowest BCUT2D eigenvalue weighted by atomic mass is 10.1. The van der Waals surface area contributed by atoms with Gasteiger partial charge in [-0.3, -0.25) is 4.79 Å². The molecule has 0 aliphatic heterocycles. The summed E-state index contributed by atoms with van der Waals surface area (Å²) in [7, 11) is 2.90. The van der Waals surface area contributed by atoms with Crippen molar-refractivity contribution in [2.24, 2.45) is 0 Å². The Morgan fingerprint density at radius 3 is 2.50 bits per heavy atom. The number of hydrogen-bond acceptors (Lipinski definition) is 4. The maximum atomic E-state index is 10.8. The molecular formula is C12H14O4. The minimum atomic E-state index is -0.0734. The van der Waals surface area contributed by atoms with E-state index < -0.39 is 0 Å². The number of methoxy groups -OCH3 is 2. The molecule has 0 fully saturated rings. The van der Waals surface area contributed by atoms with Gasteiger partial charge in [-0.1, -0.05) is 0 Å². The summed E-state index contributed by atoms with van der Waals surface area (Å²) < 4.78 is 10.0. The maximum absolute atomic E-state index is 10.8. The van der Waals surface area contributed by atoms with Crippen LogP contribution in [0.2, 0.25) is 0 Å². The molecule has 0 saturated carbocycles. The number of allylic oxidation sites excluding steroid dienone is 1. The number of phenolic OH excluding ortho intramolecular Hbond substituents is 1. The number of carbonyl (C=O) groups excluding carboxylic acids is 1. The Bertz CT molecular complexity index is 421. The van der Waals surface area contributed by atoms with E-state index >= 15 is 0 Å². The fourth-order valence-corrected chi connectivity index (χ4v) is 1.29. The predicted octanol–water partition coefficient (Wildman–Crippen LogP) is 2.01. The number of aromatic hydroxyl groups is 1. The number of ketones is 1. The topological polar surface area (TPSA) is 55.8 Å². The van der Waals surface area contributed by atoms with Gasteiger partial charge in [-0.25, -0.2) is 0 Å². The lowest BCUT2D eigenvalue weighted by molar-refractivity contribution is -0.112. The van der Waals surface area contributed by atoms with Crippen molar-refractivity contribution in [1.29, 1.82) is 0 Å². The second-order valence-electron chi connectivity index (χ2n) is 3.18. The fourth-order valence-electron chi connectivity index (χ4n) is 1.29. The summed E-state index contributed by atoms with van der Waals surface area (Å²) in [4.78, 5) is 10.8. The largest absolute Gasteiger partial charge is 0.502 e. The van der Waals surface area contributed by atoms with E-state index in [9.17, 15) is 9.90 Å². The molecule has 0 spiro atoms. The predicted molar refractivity (Wildman–Crippen MR) is 60.9 cm³/mol. The van der Waals surface area contributed by atoms with Crippen molar-refractivity contribution in [3.63, 3.8) is 0 Å². The molecule has 4 nitrogen and oxygen atoms in total. The second-order valence-corrected chi connectivity index (χ2v) is 3.18. The van der Waals surface area contributed by atoms with E-state index in [2.05, 4.69) is 0 Å². The number of carbonyl (C=O) groups is 1. The molecule has 86 valence electrons. The normalized spacial score (nSPS) is 10.4. The van der Waals surface area contributed by atoms with Crippen LogP contribution >= 0.6 is 0 Å². The standard InChI is InChI=1S/C12H14O4/c1-8(13)4-5-9-6-7-10(15-2)11(14)12(9)16-3/h4-7,14H,1-3H3. The molecule has 1 aromatic carbocycles. The highest BCUT2D eigenvalue weighted by Crippen LogP contribution is 2.39. The molecule has 0 unspecified atom stereocenters. The van der Waals surface area contributed by atoms with Gasteiger partial charge in [0.05, 0.1) is 14.2 Å². The minimum absolute atomic E-state index is 0.0719. The molecule has 0 heterocycles. The molecule has 1 N–H and O–H groups in total. The zero-order valence-electron chi connectivity index (χ0n) is 9.48. The van der Waals surface area contributed by atoms with E-state index in [0.717, 1.165) is 0 Å². The van der Waals surface area contributed by atoms with Gasteiger partial charge < -0.3 is 14.6 Å². The van der Waals surface area contributed by atoms with Crippen LogP contribution in [0.5, 0.6) is 17.2 Å². The summed E-state index contributed by atoms with van der Waals surface area (Å²) >= 11 is 0.